The largest absolute Gasteiger partial charge is 0.507 e. The molecule has 1 aromatic carbocycles. The summed E-state index contributed by atoms with van der Waals surface area (Å²) >= 11 is 0. The molecule has 0 spiro atoms. The number of hydrogen-bond donors (Lipinski definition) is 2. The average Bonchev–Trinajstić information content (AvgIpc) is 2.94. The molecule has 106 valence electrons. The molecule has 0 atom stereocenters. The van der Waals surface area contributed by atoms with Crippen LogP contribution in [0.5, 0.6) is 0 Å². The van der Waals surface area contributed by atoms with Gasteiger partial charge in [-0.3, -0.25) is 10.1 Å². The number of aliphatic hydroxyl groups excluding tert-OH is 1. The van der Waals surface area contributed by atoms with E-state index >= 15 is 0 Å². The summed E-state index contributed by atoms with van der Waals surface area (Å²) in [7, 11) is 0. The zero-order chi connectivity index (χ0) is 14.8. The number of nitrogens with zero attached hydrogens (tertiary/aromatic N) is 1. The first kappa shape index (κ1) is 13.0. The fourth-order valence-corrected chi connectivity index (χ4v) is 2.13. The Bertz CT molecular complexity index is 759. The fraction of sp³-hybridized carbons (Fsp3) is 0.0667. The van der Waals surface area contributed by atoms with Gasteiger partial charge in [0, 0.05) is 29.4 Å². The van der Waals surface area contributed by atoms with Crippen LogP contribution >= 0.6 is 0 Å². The Labute approximate surface area is 120 Å². The lowest BCUT2D eigenvalue weighted by atomic mass is 10.1. The highest BCUT2D eigenvalue weighted by molar-refractivity contribution is 5.79. The third-order valence-corrected chi connectivity index (χ3v) is 3.12. The van der Waals surface area contributed by atoms with Crippen LogP contribution in [0.3, 0.4) is 0 Å². The number of hydrogen-bond acceptors (Lipinski definition) is 5. The predicted molar refractivity (Wildman–Crippen MR) is 77.8 cm³/mol. The summed E-state index contributed by atoms with van der Waals surface area (Å²) in [5, 5.41) is 23.7. The minimum atomic E-state index is -0.572. The maximum atomic E-state index is 10.5. The summed E-state index contributed by atoms with van der Waals surface area (Å²) in [6, 6.07) is 10.3. The van der Waals surface area contributed by atoms with Crippen molar-refractivity contribution < 1.29 is 14.4 Å². The Morgan fingerprint density at radius 1 is 1.29 bits per heavy atom. The summed E-state index contributed by atoms with van der Waals surface area (Å²) in [5.74, 6) is 0.396. The molecule has 0 saturated carbocycles. The smallest absolute Gasteiger partial charge is 0.433 e. The zero-order valence-corrected chi connectivity index (χ0v) is 10.9. The van der Waals surface area contributed by atoms with Crippen molar-refractivity contribution >= 4 is 17.3 Å². The molecule has 2 N–H and O–H groups in total. The highest BCUT2D eigenvalue weighted by atomic mass is 16.6. The van der Waals surface area contributed by atoms with Crippen LogP contribution in [0.2, 0.25) is 0 Å². The molecule has 1 aromatic heterocycles. The van der Waals surface area contributed by atoms with E-state index in [0.717, 1.165) is 11.3 Å². The lowest BCUT2D eigenvalue weighted by Crippen LogP contribution is -2.06. The molecule has 1 aliphatic heterocycles. The molecule has 1 aliphatic rings. The minimum Gasteiger partial charge on any atom is -0.507 e. The Balaban J connectivity index is 1.79. The topological polar surface area (TPSA) is 88.5 Å². The number of rotatable bonds is 3. The van der Waals surface area contributed by atoms with Gasteiger partial charge in [-0.25, -0.2) is 0 Å². The van der Waals surface area contributed by atoms with Crippen LogP contribution in [-0.4, -0.2) is 10.0 Å². The van der Waals surface area contributed by atoms with Gasteiger partial charge in [0.25, 0.3) is 0 Å². The highest BCUT2D eigenvalue weighted by Crippen LogP contribution is 2.29. The number of allylic oxidation sites excluding steroid dienone is 2. The van der Waals surface area contributed by atoms with E-state index < -0.39 is 4.92 Å². The van der Waals surface area contributed by atoms with E-state index in [1.807, 2.05) is 24.3 Å². The molecule has 0 amide bonds. The summed E-state index contributed by atoms with van der Waals surface area (Å²) < 4.78 is 5.08. The molecule has 0 fully saturated rings. The van der Waals surface area contributed by atoms with E-state index in [1.54, 1.807) is 18.2 Å². The molecule has 0 aliphatic carbocycles. The van der Waals surface area contributed by atoms with E-state index in [4.69, 9.17) is 4.42 Å². The van der Waals surface area contributed by atoms with Crippen molar-refractivity contribution in [2.24, 2.45) is 0 Å². The average molecular weight is 284 g/mol. The minimum absolute atomic E-state index is 0.182. The van der Waals surface area contributed by atoms with Gasteiger partial charge in [0.15, 0.2) is 0 Å². The number of fused-ring (bicyclic) bond motifs is 1. The van der Waals surface area contributed by atoms with Gasteiger partial charge < -0.3 is 14.8 Å². The monoisotopic (exact) mass is 284 g/mol. The van der Waals surface area contributed by atoms with Crippen molar-refractivity contribution in [2.75, 3.05) is 5.32 Å². The molecule has 21 heavy (non-hydrogen) atoms. The fourth-order valence-electron chi connectivity index (χ4n) is 2.13. The van der Waals surface area contributed by atoms with Gasteiger partial charge in [-0.05, 0) is 18.2 Å². The van der Waals surface area contributed by atoms with Gasteiger partial charge in [-0.2, -0.15) is 0 Å². The summed E-state index contributed by atoms with van der Waals surface area (Å²) in [5.41, 5.74) is 2.27. The standard InChI is InChI=1S/C15H12N2O4/c18-14-9-10(16-13-4-2-1-3-12(13)14)5-6-11-7-8-15(21-11)17(19)20/h1-5,7-9,16,18H,6H2/b10-5+. The maximum Gasteiger partial charge on any atom is 0.433 e. The van der Waals surface area contributed by atoms with Crippen molar-refractivity contribution in [1.29, 1.82) is 0 Å². The van der Waals surface area contributed by atoms with E-state index in [1.165, 1.54) is 6.07 Å². The molecule has 0 radical (unpaired) electrons. The van der Waals surface area contributed by atoms with Crippen LogP contribution in [0.25, 0.3) is 5.76 Å². The van der Waals surface area contributed by atoms with Gasteiger partial charge >= 0.3 is 5.88 Å². The van der Waals surface area contributed by atoms with Crippen molar-refractivity contribution in [2.45, 2.75) is 6.42 Å². The summed E-state index contributed by atoms with van der Waals surface area (Å²) in [6.07, 6.45) is 3.80. The number of anilines is 1. The first-order chi connectivity index (χ1) is 10.1. The van der Waals surface area contributed by atoms with Gasteiger partial charge in [0.2, 0.25) is 0 Å². The molecule has 6 heteroatoms. The molecule has 0 bridgehead atoms. The molecule has 2 aromatic rings. The summed E-state index contributed by atoms with van der Waals surface area (Å²) in [4.78, 5) is 9.97. The zero-order valence-electron chi connectivity index (χ0n) is 10.9. The Hall–Kier alpha value is -3.02. The number of nitro groups is 1. The molecule has 6 nitrogen and oxygen atoms in total. The van der Waals surface area contributed by atoms with E-state index in [2.05, 4.69) is 5.32 Å². The van der Waals surface area contributed by atoms with Crippen LogP contribution in [-0.2, 0) is 6.42 Å². The van der Waals surface area contributed by atoms with Crippen molar-refractivity contribution in [3.8, 4) is 0 Å². The first-order valence-electron chi connectivity index (χ1n) is 6.34. The Morgan fingerprint density at radius 3 is 2.86 bits per heavy atom. The molecular formula is C15H12N2O4. The van der Waals surface area contributed by atoms with E-state index in [0.29, 0.717) is 17.9 Å². The third-order valence-electron chi connectivity index (χ3n) is 3.12. The van der Waals surface area contributed by atoms with E-state index in [-0.39, 0.29) is 11.6 Å². The number of nitrogens with one attached hydrogen (secondary N) is 1. The van der Waals surface area contributed by atoms with Crippen LogP contribution < -0.4 is 5.32 Å². The molecule has 2 heterocycles. The Morgan fingerprint density at radius 2 is 2.10 bits per heavy atom. The second-order valence-electron chi connectivity index (χ2n) is 4.56. The quantitative estimate of drug-likeness (QED) is 0.663. The van der Waals surface area contributed by atoms with Crippen LogP contribution in [0.1, 0.15) is 11.3 Å². The number of furan rings is 1. The SMILES string of the molecule is O=[N+]([O-])c1ccc(C/C=C2\C=C(O)c3ccccc3N2)o1. The van der Waals surface area contributed by atoms with Gasteiger partial charge in [0.1, 0.15) is 16.4 Å². The number of para-hydroxylation sites is 1. The van der Waals surface area contributed by atoms with E-state index in [9.17, 15) is 15.2 Å². The second kappa shape index (κ2) is 5.16. The molecule has 0 unspecified atom stereocenters. The lowest BCUT2D eigenvalue weighted by Gasteiger charge is -2.17. The number of aliphatic hydroxyl groups is 1. The van der Waals surface area contributed by atoms with Gasteiger partial charge in [0.05, 0.1) is 6.07 Å². The van der Waals surface area contributed by atoms with Crippen molar-refractivity contribution in [1.82, 2.24) is 0 Å². The van der Waals surface area contributed by atoms with Gasteiger partial charge in [-0.1, -0.05) is 18.2 Å². The van der Waals surface area contributed by atoms with Gasteiger partial charge in [-0.15, -0.1) is 0 Å². The van der Waals surface area contributed by atoms with Crippen molar-refractivity contribution in [3.05, 3.63) is 75.7 Å². The molecular weight excluding hydrogens is 272 g/mol. The lowest BCUT2D eigenvalue weighted by molar-refractivity contribution is -0.402. The molecule has 0 saturated heterocycles. The normalized spacial score (nSPS) is 15.2. The van der Waals surface area contributed by atoms with Crippen LogP contribution in [0, 0.1) is 10.1 Å². The van der Waals surface area contributed by atoms with Crippen LogP contribution in [0.15, 0.2) is 58.7 Å². The number of benzene rings is 1. The third kappa shape index (κ3) is 2.64. The Kier molecular flexibility index (Phi) is 3.19. The maximum absolute atomic E-state index is 10.5. The summed E-state index contributed by atoms with van der Waals surface area (Å²) in [6.45, 7) is 0. The predicted octanol–water partition coefficient (Wildman–Crippen LogP) is 3.64. The van der Waals surface area contributed by atoms with Crippen molar-refractivity contribution in [3.63, 3.8) is 0 Å². The second-order valence-corrected chi connectivity index (χ2v) is 4.56. The van der Waals surface area contributed by atoms with Crippen LogP contribution in [0.4, 0.5) is 11.6 Å². The highest BCUT2D eigenvalue weighted by Gasteiger charge is 2.14. The first-order valence-corrected chi connectivity index (χ1v) is 6.34. The molecule has 3 rings (SSSR count).